The van der Waals surface area contributed by atoms with E-state index in [0.29, 0.717) is 12.0 Å². The number of carboxylic acid groups (broad SMARTS) is 1. The van der Waals surface area contributed by atoms with Gasteiger partial charge in [-0.3, -0.25) is 9.59 Å². The molecule has 0 bridgehead atoms. The van der Waals surface area contributed by atoms with Gasteiger partial charge in [0.05, 0.1) is 6.42 Å². The van der Waals surface area contributed by atoms with Crippen LogP contribution in [0.15, 0.2) is 54.6 Å². The minimum absolute atomic E-state index is 0.00247. The van der Waals surface area contributed by atoms with Crippen LogP contribution in [0.25, 0.3) is 0 Å². The Kier molecular flexibility index (Phi) is 7.08. The molecule has 0 aromatic heterocycles. The maximum absolute atomic E-state index is 12.4. The number of aliphatic carboxylic acids is 1. The Morgan fingerprint density at radius 3 is 2.23 bits per heavy atom. The van der Waals surface area contributed by atoms with Gasteiger partial charge >= 0.3 is 12.6 Å². The first kappa shape index (κ1) is 19.4. The lowest BCUT2D eigenvalue weighted by Crippen LogP contribution is -2.38. The lowest BCUT2D eigenvalue weighted by atomic mass is 10.1. The maximum Gasteiger partial charge on any atom is 0.387 e. The van der Waals surface area contributed by atoms with Gasteiger partial charge in [-0.25, -0.2) is 0 Å². The predicted molar refractivity (Wildman–Crippen MR) is 91.1 cm³/mol. The molecule has 0 aliphatic rings. The molecular formula is C19H19F2NO4. The molecule has 0 saturated carbocycles. The van der Waals surface area contributed by atoms with Gasteiger partial charge in [0.15, 0.2) is 0 Å². The summed E-state index contributed by atoms with van der Waals surface area (Å²) in [5.74, 6) is -1.43. The fourth-order valence-corrected chi connectivity index (χ4v) is 2.44. The number of carbonyl (C=O) groups excluding carboxylic acids is 1. The van der Waals surface area contributed by atoms with E-state index < -0.39 is 19.1 Å². The molecule has 0 radical (unpaired) electrons. The monoisotopic (exact) mass is 363 g/mol. The van der Waals surface area contributed by atoms with Gasteiger partial charge < -0.3 is 14.7 Å². The van der Waals surface area contributed by atoms with Crippen LogP contribution in [0.4, 0.5) is 8.78 Å². The lowest BCUT2D eigenvalue weighted by molar-refractivity contribution is -0.144. The smallest absolute Gasteiger partial charge is 0.387 e. The van der Waals surface area contributed by atoms with Crippen molar-refractivity contribution in [3.05, 3.63) is 65.7 Å². The van der Waals surface area contributed by atoms with Crippen molar-refractivity contribution >= 4 is 11.9 Å². The third-order valence-corrected chi connectivity index (χ3v) is 3.70. The summed E-state index contributed by atoms with van der Waals surface area (Å²) in [4.78, 5) is 24.8. The molecule has 1 amide bonds. The summed E-state index contributed by atoms with van der Waals surface area (Å²) < 4.78 is 28.5. The summed E-state index contributed by atoms with van der Waals surface area (Å²) in [5.41, 5.74) is 1.59. The fourth-order valence-electron chi connectivity index (χ4n) is 2.44. The van der Waals surface area contributed by atoms with Crippen molar-refractivity contribution in [2.24, 2.45) is 0 Å². The third-order valence-electron chi connectivity index (χ3n) is 3.70. The number of ether oxygens (including phenoxy) is 1. The van der Waals surface area contributed by atoms with E-state index in [4.69, 9.17) is 5.11 Å². The molecule has 2 aromatic rings. The molecule has 0 atom stereocenters. The van der Waals surface area contributed by atoms with Crippen LogP contribution in [0.2, 0.25) is 0 Å². The molecule has 0 aliphatic carbocycles. The van der Waals surface area contributed by atoms with Crippen LogP contribution < -0.4 is 4.74 Å². The summed E-state index contributed by atoms with van der Waals surface area (Å²) in [7, 11) is 0. The summed E-state index contributed by atoms with van der Waals surface area (Å²) in [5, 5.41) is 9.03. The molecule has 0 aliphatic heterocycles. The lowest BCUT2D eigenvalue weighted by Gasteiger charge is -2.21. The first-order chi connectivity index (χ1) is 12.4. The van der Waals surface area contributed by atoms with Gasteiger partial charge in [0.25, 0.3) is 0 Å². The van der Waals surface area contributed by atoms with Gasteiger partial charge in [-0.15, -0.1) is 0 Å². The quantitative estimate of drug-likeness (QED) is 0.744. The average Bonchev–Trinajstić information content (AvgIpc) is 2.60. The number of carboxylic acids is 1. The molecule has 0 spiro atoms. The van der Waals surface area contributed by atoms with E-state index in [1.807, 2.05) is 30.3 Å². The molecule has 0 heterocycles. The minimum Gasteiger partial charge on any atom is -0.480 e. The Balaban J connectivity index is 1.98. The number of carbonyl (C=O) groups is 2. The van der Waals surface area contributed by atoms with E-state index in [9.17, 15) is 18.4 Å². The van der Waals surface area contributed by atoms with Crippen molar-refractivity contribution < 1.29 is 28.2 Å². The van der Waals surface area contributed by atoms with Gasteiger partial charge in [-0.2, -0.15) is 8.78 Å². The summed E-state index contributed by atoms with van der Waals surface area (Å²) >= 11 is 0. The molecule has 138 valence electrons. The Morgan fingerprint density at radius 2 is 1.65 bits per heavy atom. The van der Waals surface area contributed by atoms with Crippen molar-refractivity contribution in [1.82, 2.24) is 4.90 Å². The van der Waals surface area contributed by atoms with Crippen LogP contribution in [0.1, 0.15) is 11.1 Å². The van der Waals surface area contributed by atoms with E-state index in [-0.39, 0.29) is 24.6 Å². The zero-order valence-electron chi connectivity index (χ0n) is 14.0. The number of amides is 1. The molecule has 26 heavy (non-hydrogen) atoms. The molecule has 0 unspecified atom stereocenters. The van der Waals surface area contributed by atoms with Crippen LogP contribution in [-0.4, -0.2) is 41.6 Å². The Hall–Kier alpha value is -2.96. The second-order valence-corrected chi connectivity index (χ2v) is 5.64. The molecule has 2 rings (SSSR count). The van der Waals surface area contributed by atoms with Crippen LogP contribution in [0, 0.1) is 0 Å². The topological polar surface area (TPSA) is 66.8 Å². The highest BCUT2D eigenvalue weighted by molar-refractivity contribution is 5.83. The Morgan fingerprint density at radius 1 is 1.00 bits per heavy atom. The van der Waals surface area contributed by atoms with Gasteiger partial charge in [0.1, 0.15) is 12.3 Å². The van der Waals surface area contributed by atoms with Gasteiger partial charge in [-0.05, 0) is 29.7 Å². The second-order valence-electron chi connectivity index (χ2n) is 5.64. The molecule has 2 aromatic carbocycles. The van der Waals surface area contributed by atoms with E-state index in [1.54, 1.807) is 0 Å². The highest BCUT2D eigenvalue weighted by atomic mass is 19.3. The number of hydrogen-bond acceptors (Lipinski definition) is 3. The summed E-state index contributed by atoms with van der Waals surface area (Å²) in [6, 6.07) is 15.2. The molecule has 0 fully saturated rings. The van der Waals surface area contributed by atoms with Crippen molar-refractivity contribution in [2.45, 2.75) is 19.5 Å². The number of hydrogen-bond donors (Lipinski definition) is 1. The van der Waals surface area contributed by atoms with Crippen molar-refractivity contribution in [2.75, 3.05) is 13.1 Å². The highest BCUT2D eigenvalue weighted by Gasteiger charge is 2.17. The fraction of sp³-hybridized carbons (Fsp3) is 0.263. The van der Waals surface area contributed by atoms with E-state index in [1.165, 1.54) is 29.2 Å². The van der Waals surface area contributed by atoms with Crippen molar-refractivity contribution in [3.8, 4) is 5.75 Å². The zero-order chi connectivity index (χ0) is 18.9. The van der Waals surface area contributed by atoms with E-state index in [0.717, 1.165) is 5.56 Å². The standard InChI is InChI=1S/C19H19F2NO4/c20-19(21)26-16-8-6-15(7-9-16)12-17(23)22(13-18(24)25)11-10-14-4-2-1-3-5-14/h1-9,19H,10-13H2,(H,24,25). The van der Waals surface area contributed by atoms with Gasteiger partial charge in [0.2, 0.25) is 5.91 Å². The minimum atomic E-state index is -2.91. The number of halogens is 2. The Bertz CT molecular complexity index is 720. The summed E-state index contributed by atoms with van der Waals surface area (Å²) in [6.45, 7) is -3.02. The highest BCUT2D eigenvalue weighted by Crippen LogP contribution is 2.16. The van der Waals surface area contributed by atoms with Gasteiger partial charge in [-0.1, -0.05) is 42.5 Å². The third kappa shape index (κ3) is 6.51. The molecule has 7 heteroatoms. The SMILES string of the molecule is O=C(O)CN(CCc1ccccc1)C(=O)Cc1ccc(OC(F)F)cc1. The average molecular weight is 363 g/mol. The largest absolute Gasteiger partial charge is 0.480 e. The first-order valence-electron chi connectivity index (χ1n) is 8.01. The van der Waals surface area contributed by atoms with E-state index in [2.05, 4.69) is 4.74 Å². The molecular weight excluding hydrogens is 344 g/mol. The molecule has 5 nitrogen and oxygen atoms in total. The zero-order valence-corrected chi connectivity index (χ0v) is 14.0. The van der Waals surface area contributed by atoms with Crippen LogP contribution >= 0.6 is 0 Å². The maximum atomic E-state index is 12.4. The number of alkyl halides is 2. The molecule has 1 N–H and O–H groups in total. The Labute approximate surface area is 149 Å². The number of benzene rings is 2. The van der Waals surface area contributed by atoms with Crippen LogP contribution in [-0.2, 0) is 22.4 Å². The number of rotatable bonds is 9. The van der Waals surface area contributed by atoms with Crippen LogP contribution in [0.5, 0.6) is 5.75 Å². The second kappa shape index (κ2) is 9.50. The van der Waals surface area contributed by atoms with Gasteiger partial charge in [0, 0.05) is 6.54 Å². The van der Waals surface area contributed by atoms with Crippen LogP contribution in [0.3, 0.4) is 0 Å². The normalized spacial score (nSPS) is 10.6. The first-order valence-corrected chi connectivity index (χ1v) is 8.01. The van der Waals surface area contributed by atoms with Crippen molar-refractivity contribution in [3.63, 3.8) is 0 Å². The van der Waals surface area contributed by atoms with Crippen molar-refractivity contribution in [1.29, 1.82) is 0 Å². The number of nitrogens with zero attached hydrogens (tertiary/aromatic N) is 1. The summed E-state index contributed by atoms with van der Waals surface area (Å²) in [6.07, 6.45) is 0.526. The van der Waals surface area contributed by atoms with E-state index >= 15 is 0 Å². The predicted octanol–water partition coefficient (Wildman–Crippen LogP) is 2.99. The molecule has 0 saturated heterocycles.